The van der Waals surface area contributed by atoms with Gasteiger partial charge in [0.1, 0.15) is 6.10 Å². The molecule has 160 valence electrons. The molecule has 1 aromatic carbocycles. The average Bonchev–Trinajstić information content (AvgIpc) is 3.51. The fourth-order valence-electron chi connectivity index (χ4n) is 4.68. The number of piperidine rings is 1. The van der Waals surface area contributed by atoms with E-state index in [2.05, 4.69) is 24.3 Å². The number of hydrogen-bond acceptors (Lipinski definition) is 4. The molecule has 30 heavy (non-hydrogen) atoms. The maximum atomic E-state index is 13.1. The molecule has 0 bridgehead atoms. The number of carbonyl (C=O) groups excluding carboxylic acids is 2. The number of rotatable bonds is 6. The minimum absolute atomic E-state index is 0.0868. The number of amides is 2. The summed E-state index contributed by atoms with van der Waals surface area (Å²) in [6, 6.07) is 14.3. The van der Waals surface area contributed by atoms with E-state index < -0.39 is 0 Å². The van der Waals surface area contributed by atoms with Crippen molar-refractivity contribution < 1.29 is 14.3 Å². The molecule has 2 amide bonds. The van der Waals surface area contributed by atoms with Gasteiger partial charge in [0, 0.05) is 32.8 Å². The Labute approximate surface area is 182 Å². The molecule has 3 heterocycles. The van der Waals surface area contributed by atoms with Gasteiger partial charge in [0.05, 0.1) is 4.88 Å². The van der Waals surface area contributed by atoms with E-state index in [-0.39, 0.29) is 24.0 Å². The Morgan fingerprint density at radius 3 is 2.53 bits per heavy atom. The van der Waals surface area contributed by atoms with Gasteiger partial charge in [-0.1, -0.05) is 36.4 Å². The third kappa shape index (κ3) is 4.76. The van der Waals surface area contributed by atoms with Gasteiger partial charge in [-0.05, 0) is 55.0 Å². The normalized spacial score (nSPS) is 20.8. The molecule has 1 aromatic heterocycles. The third-order valence-electron chi connectivity index (χ3n) is 6.44. The number of ether oxygens (including phenoxy) is 1. The molecule has 6 heteroatoms. The maximum absolute atomic E-state index is 13.1. The molecule has 0 N–H and O–H groups in total. The van der Waals surface area contributed by atoms with Gasteiger partial charge >= 0.3 is 0 Å². The SMILES string of the molecule is CN(C(=O)c1cccs1)[C@H](Cc1ccccc1)C1CCN(C(=O)[C@@H]2CCCO2)CC1. The van der Waals surface area contributed by atoms with Gasteiger partial charge in [0.25, 0.3) is 11.8 Å². The van der Waals surface area contributed by atoms with Crippen molar-refractivity contribution in [2.24, 2.45) is 5.92 Å². The van der Waals surface area contributed by atoms with Crippen LogP contribution in [0, 0.1) is 5.92 Å². The Bertz CT molecular complexity index is 825. The molecule has 0 aliphatic carbocycles. The molecular formula is C24H30N2O3S. The summed E-state index contributed by atoms with van der Waals surface area (Å²) in [5.74, 6) is 0.602. The van der Waals surface area contributed by atoms with E-state index in [1.54, 1.807) is 0 Å². The fourth-order valence-corrected chi connectivity index (χ4v) is 5.39. The van der Waals surface area contributed by atoms with Crippen LogP contribution in [0.3, 0.4) is 0 Å². The lowest BCUT2D eigenvalue weighted by Gasteiger charge is -2.40. The molecule has 4 rings (SSSR count). The minimum Gasteiger partial charge on any atom is -0.368 e. The van der Waals surface area contributed by atoms with Gasteiger partial charge in [-0.2, -0.15) is 0 Å². The van der Waals surface area contributed by atoms with Crippen molar-refractivity contribution in [1.29, 1.82) is 0 Å². The molecule has 5 nitrogen and oxygen atoms in total. The molecule has 2 atom stereocenters. The quantitative estimate of drug-likeness (QED) is 0.705. The van der Waals surface area contributed by atoms with Crippen LogP contribution in [0.5, 0.6) is 0 Å². The van der Waals surface area contributed by atoms with Gasteiger partial charge in [0.15, 0.2) is 0 Å². The van der Waals surface area contributed by atoms with Crippen LogP contribution < -0.4 is 0 Å². The first kappa shape index (κ1) is 21.1. The summed E-state index contributed by atoms with van der Waals surface area (Å²) in [4.78, 5) is 30.5. The second-order valence-corrected chi connectivity index (χ2v) is 9.26. The topological polar surface area (TPSA) is 49.9 Å². The number of thiophene rings is 1. The highest BCUT2D eigenvalue weighted by Gasteiger charge is 2.35. The van der Waals surface area contributed by atoms with Crippen molar-refractivity contribution in [3.8, 4) is 0 Å². The van der Waals surface area contributed by atoms with Crippen LogP contribution in [-0.2, 0) is 16.0 Å². The van der Waals surface area contributed by atoms with Crippen LogP contribution in [0.2, 0.25) is 0 Å². The molecule has 2 aliphatic heterocycles. The number of likely N-dealkylation sites (N-methyl/N-ethyl adjacent to an activating group) is 1. The molecule has 2 fully saturated rings. The molecule has 0 spiro atoms. The summed E-state index contributed by atoms with van der Waals surface area (Å²) in [6.45, 7) is 2.19. The highest BCUT2D eigenvalue weighted by Crippen LogP contribution is 2.29. The Kier molecular flexibility index (Phi) is 6.85. The molecule has 0 radical (unpaired) electrons. The largest absolute Gasteiger partial charge is 0.368 e. The van der Waals surface area contributed by atoms with E-state index >= 15 is 0 Å². The number of carbonyl (C=O) groups is 2. The fraction of sp³-hybridized carbons (Fsp3) is 0.500. The first-order valence-electron chi connectivity index (χ1n) is 10.9. The van der Waals surface area contributed by atoms with Crippen molar-refractivity contribution in [1.82, 2.24) is 9.80 Å². The molecule has 2 aromatic rings. The second kappa shape index (κ2) is 9.75. The van der Waals surface area contributed by atoms with Crippen LogP contribution in [0.25, 0.3) is 0 Å². The van der Waals surface area contributed by atoms with Gasteiger partial charge in [-0.25, -0.2) is 0 Å². The lowest BCUT2D eigenvalue weighted by molar-refractivity contribution is -0.142. The zero-order valence-electron chi connectivity index (χ0n) is 17.5. The van der Waals surface area contributed by atoms with E-state index in [1.165, 1.54) is 16.9 Å². The smallest absolute Gasteiger partial charge is 0.263 e. The average molecular weight is 427 g/mol. The van der Waals surface area contributed by atoms with Crippen LogP contribution in [0.15, 0.2) is 47.8 Å². The van der Waals surface area contributed by atoms with Crippen molar-refractivity contribution in [3.05, 3.63) is 58.3 Å². The highest BCUT2D eigenvalue weighted by molar-refractivity contribution is 7.12. The van der Waals surface area contributed by atoms with Crippen molar-refractivity contribution in [2.45, 2.75) is 44.2 Å². The highest BCUT2D eigenvalue weighted by atomic mass is 32.1. The second-order valence-electron chi connectivity index (χ2n) is 8.31. The minimum atomic E-state index is -0.246. The Morgan fingerprint density at radius 2 is 1.90 bits per heavy atom. The van der Waals surface area contributed by atoms with Gasteiger partial charge < -0.3 is 14.5 Å². The van der Waals surface area contributed by atoms with E-state index in [1.807, 2.05) is 40.4 Å². The summed E-state index contributed by atoms with van der Waals surface area (Å²) in [5, 5.41) is 1.95. The van der Waals surface area contributed by atoms with Crippen molar-refractivity contribution in [3.63, 3.8) is 0 Å². The summed E-state index contributed by atoms with van der Waals surface area (Å²) in [6.07, 6.45) is 4.23. The Balaban J connectivity index is 1.45. The Hall–Kier alpha value is -2.18. The molecule has 2 aliphatic rings. The van der Waals surface area contributed by atoms with E-state index in [4.69, 9.17) is 4.74 Å². The molecule has 2 saturated heterocycles. The number of nitrogens with zero attached hydrogens (tertiary/aromatic N) is 2. The van der Waals surface area contributed by atoms with E-state index in [0.717, 1.165) is 50.1 Å². The zero-order valence-corrected chi connectivity index (χ0v) is 18.4. The van der Waals surface area contributed by atoms with Gasteiger partial charge in [0.2, 0.25) is 0 Å². The molecular weight excluding hydrogens is 396 g/mol. The van der Waals surface area contributed by atoms with Crippen LogP contribution in [0.1, 0.15) is 40.9 Å². The predicted molar refractivity (Wildman–Crippen MR) is 119 cm³/mol. The first-order chi connectivity index (χ1) is 14.6. The Morgan fingerprint density at radius 1 is 1.13 bits per heavy atom. The lowest BCUT2D eigenvalue weighted by Crippen LogP contribution is -2.49. The first-order valence-corrected chi connectivity index (χ1v) is 11.8. The van der Waals surface area contributed by atoms with E-state index in [9.17, 15) is 9.59 Å². The summed E-state index contributed by atoms with van der Waals surface area (Å²) < 4.78 is 5.59. The van der Waals surface area contributed by atoms with E-state index in [0.29, 0.717) is 12.5 Å². The number of likely N-dealkylation sites (tertiary alicyclic amines) is 1. The molecule has 0 unspecified atom stereocenters. The molecule has 0 saturated carbocycles. The maximum Gasteiger partial charge on any atom is 0.263 e. The third-order valence-corrected chi connectivity index (χ3v) is 7.30. The van der Waals surface area contributed by atoms with Crippen LogP contribution in [0.4, 0.5) is 0 Å². The summed E-state index contributed by atoms with van der Waals surface area (Å²) >= 11 is 1.49. The predicted octanol–water partition coefficient (Wildman–Crippen LogP) is 3.85. The lowest BCUT2D eigenvalue weighted by atomic mass is 9.84. The number of benzene rings is 1. The number of hydrogen-bond donors (Lipinski definition) is 0. The van der Waals surface area contributed by atoms with Crippen molar-refractivity contribution in [2.75, 3.05) is 26.7 Å². The van der Waals surface area contributed by atoms with Gasteiger partial charge in [-0.15, -0.1) is 11.3 Å². The van der Waals surface area contributed by atoms with Crippen molar-refractivity contribution >= 4 is 23.2 Å². The zero-order chi connectivity index (χ0) is 20.9. The summed E-state index contributed by atoms with van der Waals surface area (Å²) in [5.41, 5.74) is 1.24. The van der Waals surface area contributed by atoms with Crippen LogP contribution >= 0.6 is 11.3 Å². The van der Waals surface area contributed by atoms with Gasteiger partial charge in [-0.3, -0.25) is 9.59 Å². The monoisotopic (exact) mass is 426 g/mol. The van der Waals surface area contributed by atoms with Crippen LogP contribution in [-0.4, -0.2) is 60.5 Å². The summed E-state index contributed by atoms with van der Waals surface area (Å²) in [7, 11) is 1.93. The standard InChI is InChI=1S/C24H30N2O3S/c1-25(24(28)22-10-6-16-30-22)20(17-18-7-3-2-4-8-18)19-11-13-26(14-12-19)23(27)21-9-5-15-29-21/h2-4,6-8,10,16,19-21H,5,9,11-15,17H2,1H3/t20-,21+/m1/s1.